The number of carbonyl (C=O) groups is 2. The van der Waals surface area contributed by atoms with Gasteiger partial charge in [-0.15, -0.1) is 0 Å². The van der Waals surface area contributed by atoms with Crippen LogP contribution in [0.4, 0.5) is 11.4 Å². The van der Waals surface area contributed by atoms with Crippen molar-refractivity contribution < 1.29 is 9.59 Å². The maximum absolute atomic E-state index is 12.8. The number of ketones is 1. The summed E-state index contributed by atoms with van der Waals surface area (Å²) in [6, 6.07) is 13.0. The summed E-state index contributed by atoms with van der Waals surface area (Å²) in [4.78, 5) is 24.1. The zero-order chi connectivity index (χ0) is 20.5. The van der Waals surface area contributed by atoms with Gasteiger partial charge in [-0.05, 0) is 61.2 Å². The van der Waals surface area contributed by atoms with Gasteiger partial charge < -0.3 is 22.2 Å². The number of nitrogens with two attached hydrogens (primary N) is 2. The molecule has 6 N–H and O–H groups in total. The van der Waals surface area contributed by atoms with Crippen LogP contribution in [-0.2, 0) is 16.0 Å². The standard InChI is InChI=1S/C22H28N4O2/c1-15(27)26-19-6-3-5-17(13-19)20(10-11-23)22(28)7-2-4-16-8-9-21(25)18(12-16)14-24/h3,5-6,8-9,12-14,20,24H,2,4,7,10-11,23,25H2,1H3,(H,26,27). The van der Waals surface area contributed by atoms with Gasteiger partial charge in [0, 0.05) is 42.4 Å². The summed E-state index contributed by atoms with van der Waals surface area (Å²) in [5.74, 6) is -0.276. The molecular formula is C22H28N4O2. The second-order valence-corrected chi connectivity index (χ2v) is 6.86. The average molecular weight is 380 g/mol. The van der Waals surface area contributed by atoms with E-state index in [9.17, 15) is 9.59 Å². The number of aryl methyl sites for hydroxylation is 1. The molecule has 28 heavy (non-hydrogen) atoms. The number of rotatable bonds is 10. The fraction of sp³-hybridized carbons (Fsp3) is 0.318. The lowest BCUT2D eigenvalue weighted by Gasteiger charge is -2.17. The summed E-state index contributed by atoms with van der Waals surface area (Å²) in [6.07, 6.45) is 3.71. The lowest BCUT2D eigenvalue weighted by atomic mass is 9.88. The molecule has 148 valence electrons. The minimum Gasteiger partial charge on any atom is -0.398 e. The molecule has 1 unspecified atom stereocenters. The van der Waals surface area contributed by atoms with Crippen molar-refractivity contribution in [2.24, 2.45) is 5.73 Å². The molecule has 0 spiro atoms. The van der Waals surface area contributed by atoms with Gasteiger partial charge in [0.25, 0.3) is 0 Å². The third-order valence-corrected chi connectivity index (χ3v) is 4.65. The van der Waals surface area contributed by atoms with Crippen molar-refractivity contribution in [2.45, 2.75) is 38.5 Å². The Kier molecular flexibility index (Phi) is 7.89. The van der Waals surface area contributed by atoms with Crippen LogP contribution < -0.4 is 16.8 Å². The first kappa shape index (κ1) is 21.3. The number of anilines is 2. The Hall–Kier alpha value is -2.99. The number of nitrogens with one attached hydrogen (secondary N) is 2. The normalized spacial score (nSPS) is 11.6. The van der Waals surface area contributed by atoms with Gasteiger partial charge >= 0.3 is 0 Å². The van der Waals surface area contributed by atoms with E-state index >= 15 is 0 Å². The zero-order valence-electron chi connectivity index (χ0n) is 16.2. The SMILES string of the molecule is CC(=O)Nc1cccc(C(CCN)C(=O)CCCc2ccc(N)c(C=N)c2)c1. The molecule has 0 radical (unpaired) electrons. The van der Waals surface area contributed by atoms with Gasteiger partial charge in [0.2, 0.25) is 5.91 Å². The first-order valence-corrected chi connectivity index (χ1v) is 9.43. The van der Waals surface area contributed by atoms with Crippen molar-refractivity contribution in [3.63, 3.8) is 0 Å². The van der Waals surface area contributed by atoms with E-state index in [0.29, 0.717) is 42.7 Å². The summed E-state index contributed by atoms with van der Waals surface area (Å²) >= 11 is 0. The molecule has 2 aromatic carbocycles. The summed E-state index contributed by atoms with van der Waals surface area (Å²) in [5, 5.41) is 10.1. The Balaban J connectivity index is 2.03. The summed E-state index contributed by atoms with van der Waals surface area (Å²) in [6.45, 7) is 1.87. The van der Waals surface area contributed by atoms with Gasteiger partial charge in [-0.3, -0.25) is 9.59 Å². The Morgan fingerprint density at radius 3 is 2.68 bits per heavy atom. The van der Waals surface area contributed by atoms with Crippen LogP contribution in [0.1, 0.15) is 48.8 Å². The highest BCUT2D eigenvalue weighted by Crippen LogP contribution is 2.25. The average Bonchev–Trinajstić information content (AvgIpc) is 2.67. The van der Waals surface area contributed by atoms with Crippen molar-refractivity contribution in [2.75, 3.05) is 17.6 Å². The quantitative estimate of drug-likeness (QED) is 0.373. The molecule has 2 rings (SSSR count). The third-order valence-electron chi connectivity index (χ3n) is 4.65. The number of hydrogen-bond donors (Lipinski definition) is 4. The summed E-state index contributed by atoms with van der Waals surface area (Å²) in [7, 11) is 0. The number of hydrogen-bond acceptors (Lipinski definition) is 5. The first-order chi connectivity index (χ1) is 13.4. The molecule has 1 atom stereocenters. The van der Waals surface area contributed by atoms with Crippen LogP contribution in [0.2, 0.25) is 0 Å². The molecule has 0 aliphatic heterocycles. The first-order valence-electron chi connectivity index (χ1n) is 9.43. The van der Waals surface area contributed by atoms with E-state index in [4.69, 9.17) is 16.9 Å². The van der Waals surface area contributed by atoms with Crippen LogP contribution in [0, 0.1) is 5.41 Å². The predicted molar refractivity (Wildman–Crippen MR) is 114 cm³/mol. The van der Waals surface area contributed by atoms with Crippen molar-refractivity contribution in [3.05, 3.63) is 59.2 Å². The fourth-order valence-electron chi connectivity index (χ4n) is 3.26. The van der Waals surface area contributed by atoms with Crippen molar-refractivity contribution in [1.29, 1.82) is 5.41 Å². The smallest absolute Gasteiger partial charge is 0.221 e. The molecule has 0 bridgehead atoms. The van der Waals surface area contributed by atoms with E-state index in [1.54, 1.807) is 12.1 Å². The van der Waals surface area contributed by atoms with Crippen LogP contribution in [0.5, 0.6) is 0 Å². The van der Waals surface area contributed by atoms with E-state index in [0.717, 1.165) is 17.5 Å². The number of benzene rings is 2. The Morgan fingerprint density at radius 1 is 1.21 bits per heavy atom. The molecule has 0 aliphatic rings. The fourth-order valence-corrected chi connectivity index (χ4v) is 3.26. The molecule has 0 fully saturated rings. The Bertz CT molecular complexity index is 848. The van der Waals surface area contributed by atoms with Crippen LogP contribution in [0.15, 0.2) is 42.5 Å². The second-order valence-electron chi connectivity index (χ2n) is 6.86. The second kappa shape index (κ2) is 10.4. The largest absolute Gasteiger partial charge is 0.398 e. The lowest BCUT2D eigenvalue weighted by Crippen LogP contribution is -2.17. The van der Waals surface area contributed by atoms with Gasteiger partial charge in [0.05, 0.1) is 0 Å². The number of carbonyl (C=O) groups excluding carboxylic acids is 2. The van der Waals surface area contributed by atoms with Gasteiger partial charge in [-0.1, -0.05) is 18.2 Å². The van der Waals surface area contributed by atoms with Crippen molar-refractivity contribution in [3.8, 4) is 0 Å². The number of Topliss-reactive ketones (excluding diaryl/α,β-unsaturated/α-hetero) is 1. The third kappa shape index (κ3) is 6.03. The van der Waals surface area contributed by atoms with Gasteiger partial charge in [0.15, 0.2) is 0 Å². The van der Waals surface area contributed by atoms with E-state index < -0.39 is 0 Å². The monoisotopic (exact) mass is 380 g/mol. The van der Waals surface area contributed by atoms with Crippen LogP contribution in [0.25, 0.3) is 0 Å². The zero-order valence-corrected chi connectivity index (χ0v) is 16.2. The summed E-state index contributed by atoms with van der Waals surface area (Å²) < 4.78 is 0. The predicted octanol–water partition coefficient (Wildman–Crippen LogP) is 3.25. The molecule has 0 aromatic heterocycles. The molecule has 6 nitrogen and oxygen atoms in total. The summed E-state index contributed by atoms with van der Waals surface area (Å²) in [5.41, 5.74) is 15.4. The maximum Gasteiger partial charge on any atom is 0.221 e. The van der Waals surface area contributed by atoms with E-state index in [1.807, 2.05) is 30.3 Å². The molecule has 1 amide bonds. The van der Waals surface area contributed by atoms with E-state index in [1.165, 1.54) is 13.1 Å². The molecule has 0 aliphatic carbocycles. The van der Waals surface area contributed by atoms with Crippen molar-refractivity contribution in [1.82, 2.24) is 0 Å². The van der Waals surface area contributed by atoms with Gasteiger partial charge in [0.1, 0.15) is 5.78 Å². The van der Waals surface area contributed by atoms with Gasteiger partial charge in [-0.2, -0.15) is 0 Å². The van der Waals surface area contributed by atoms with E-state index in [2.05, 4.69) is 5.32 Å². The lowest BCUT2D eigenvalue weighted by molar-refractivity contribution is -0.120. The molecule has 2 aromatic rings. The molecule has 0 saturated heterocycles. The number of nitrogen functional groups attached to an aromatic ring is 1. The highest BCUT2D eigenvalue weighted by atomic mass is 16.1. The maximum atomic E-state index is 12.8. The molecule has 6 heteroatoms. The minimum absolute atomic E-state index is 0.146. The van der Waals surface area contributed by atoms with Crippen LogP contribution in [-0.4, -0.2) is 24.4 Å². The Morgan fingerprint density at radius 2 is 2.00 bits per heavy atom. The topological polar surface area (TPSA) is 122 Å². The van der Waals surface area contributed by atoms with E-state index in [-0.39, 0.29) is 17.6 Å². The molecular weight excluding hydrogens is 352 g/mol. The van der Waals surface area contributed by atoms with Crippen LogP contribution in [0.3, 0.4) is 0 Å². The molecule has 0 heterocycles. The highest BCUT2D eigenvalue weighted by Gasteiger charge is 2.20. The molecule has 0 saturated carbocycles. The Labute approximate surface area is 165 Å². The van der Waals surface area contributed by atoms with Gasteiger partial charge in [-0.25, -0.2) is 0 Å². The minimum atomic E-state index is -0.276. The highest BCUT2D eigenvalue weighted by molar-refractivity contribution is 5.90. The van der Waals surface area contributed by atoms with Crippen molar-refractivity contribution >= 4 is 29.3 Å². The van der Waals surface area contributed by atoms with Crippen LogP contribution >= 0.6 is 0 Å². The number of amides is 1.